The Bertz CT molecular complexity index is 717. The number of anilines is 2. The first-order valence-electron chi connectivity index (χ1n) is 8.75. The molecule has 1 heterocycles. The van der Waals surface area contributed by atoms with Crippen LogP contribution >= 0.6 is 12.2 Å². The lowest BCUT2D eigenvalue weighted by atomic mass is 9.99. The van der Waals surface area contributed by atoms with E-state index in [-0.39, 0.29) is 5.82 Å². The van der Waals surface area contributed by atoms with Gasteiger partial charge in [-0.05, 0) is 60.8 Å². The van der Waals surface area contributed by atoms with Crippen LogP contribution in [0, 0.1) is 11.7 Å². The Morgan fingerprint density at radius 1 is 1.20 bits per heavy atom. The van der Waals surface area contributed by atoms with E-state index in [4.69, 9.17) is 12.2 Å². The second kappa shape index (κ2) is 8.30. The van der Waals surface area contributed by atoms with Gasteiger partial charge >= 0.3 is 0 Å². The number of piperidine rings is 1. The summed E-state index contributed by atoms with van der Waals surface area (Å²) in [6, 6.07) is 15.1. The van der Waals surface area contributed by atoms with Gasteiger partial charge in [0.1, 0.15) is 5.82 Å². The number of nitrogens with one attached hydrogen (secondary N) is 2. The number of rotatable bonds is 4. The molecule has 3 nitrogen and oxygen atoms in total. The third-order valence-electron chi connectivity index (χ3n) is 4.53. The van der Waals surface area contributed by atoms with Crippen LogP contribution < -0.4 is 15.5 Å². The van der Waals surface area contributed by atoms with Crippen molar-refractivity contribution in [1.82, 2.24) is 5.32 Å². The predicted molar refractivity (Wildman–Crippen MR) is 107 cm³/mol. The van der Waals surface area contributed by atoms with E-state index in [1.165, 1.54) is 24.6 Å². The van der Waals surface area contributed by atoms with Gasteiger partial charge in [-0.3, -0.25) is 0 Å². The van der Waals surface area contributed by atoms with Gasteiger partial charge in [0.25, 0.3) is 0 Å². The van der Waals surface area contributed by atoms with Crippen LogP contribution in [0.3, 0.4) is 0 Å². The Labute approximate surface area is 154 Å². The molecule has 2 N–H and O–H groups in total. The molecule has 1 aliphatic rings. The fourth-order valence-corrected chi connectivity index (χ4v) is 3.34. The van der Waals surface area contributed by atoms with Crippen LogP contribution in [0.15, 0.2) is 48.5 Å². The molecule has 3 rings (SSSR count). The second-order valence-corrected chi connectivity index (χ2v) is 7.06. The number of benzene rings is 2. The number of para-hydroxylation sites is 1. The SMILES string of the molecule is CC1CCCN(c2ccc(CNC(=S)Nc3ccccc3F)cc2)C1. The minimum absolute atomic E-state index is 0.313. The van der Waals surface area contributed by atoms with E-state index in [0.717, 1.165) is 24.6 Å². The highest BCUT2D eigenvalue weighted by molar-refractivity contribution is 7.80. The van der Waals surface area contributed by atoms with Crippen molar-refractivity contribution in [3.05, 3.63) is 59.9 Å². The Morgan fingerprint density at radius 2 is 1.96 bits per heavy atom. The summed E-state index contributed by atoms with van der Waals surface area (Å²) in [5, 5.41) is 6.42. The molecule has 1 unspecified atom stereocenters. The van der Waals surface area contributed by atoms with Gasteiger partial charge in [0, 0.05) is 25.3 Å². The number of thiocarbonyl (C=S) groups is 1. The standard InChI is InChI=1S/C20H24FN3S/c1-15-5-4-12-24(14-15)17-10-8-16(9-11-17)13-22-20(25)23-19-7-3-2-6-18(19)21/h2-3,6-11,15H,4-5,12-14H2,1H3,(H2,22,23,25). The van der Waals surface area contributed by atoms with Gasteiger partial charge in [0.2, 0.25) is 0 Å². The Kier molecular flexibility index (Phi) is 5.87. The van der Waals surface area contributed by atoms with E-state index in [0.29, 0.717) is 17.3 Å². The van der Waals surface area contributed by atoms with Crippen molar-refractivity contribution in [3.63, 3.8) is 0 Å². The molecule has 1 atom stereocenters. The van der Waals surface area contributed by atoms with E-state index in [9.17, 15) is 4.39 Å². The van der Waals surface area contributed by atoms with Crippen LogP contribution in [0.2, 0.25) is 0 Å². The van der Waals surface area contributed by atoms with Gasteiger partial charge in [-0.15, -0.1) is 0 Å². The molecule has 0 amide bonds. The van der Waals surface area contributed by atoms with Crippen LogP contribution in [-0.4, -0.2) is 18.2 Å². The number of nitrogens with zero attached hydrogens (tertiary/aromatic N) is 1. The van der Waals surface area contributed by atoms with E-state index in [1.54, 1.807) is 18.2 Å². The Morgan fingerprint density at radius 3 is 2.68 bits per heavy atom. The predicted octanol–water partition coefficient (Wildman–Crippen LogP) is 4.55. The van der Waals surface area contributed by atoms with Crippen molar-refractivity contribution < 1.29 is 4.39 Å². The van der Waals surface area contributed by atoms with Gasteiger partial charge < -0.3 is 15.5 Å². The smallest absolute Gasteiger partial charge is 0.171 e. The molecule has 2 aromatic carbocycles. The quantitative estimate of drug-likeness (QED) is 0.785. The minimum Gasteiger partial charge on any atom is -0.371 e. The summed E-state index contributed by atoms with van der Waals surface area (Å²) in [7, 11) is 0. The zero-order valence-electron chi connectivity index (χ0n) is 14.5. The maximum atomic E-state index is 13.6. The van der Waals surface area contributed by atoms with Crippen molar-refractivity contribution >= 4 is 28.7 Å². The number of halogens is 1. The summed E-state index contributed by atoms with van der Waals surface area (Å²) < 4.78 is 13.6. The highest BCUT2D eigenvalue weighted by Gasteiger charge is 2.16. The molecule has 0 radical (unpaired) electrons. The van der Waals surface area contributed by atoms with E-state index in [2.05, 4.69) is 46.7 Å². The lowest BCUT2D eigenvalue weighted by Crippen LogP contribution is -2.34. The fourth-order valence-electron chi connectivity index (χ4n) is 3.16. The van der Waals surface area contributed by atoms with Gasteiger partial charge in [0.05, 0.1) is 5.69 Å². The van der Waals surface area contributed by atoms with Crippen LogP contribution in [0.25, 0.3) is 0 Å². The summed E-state index contributed by atoms with van der Waals surface area (Å²) in [4.78, 5) is 2.45. The minimum atomic E-state index is -0.313. The highest BCUT2D eigenvalue weighted by Crippen LogP contribution is 2.23. The largest absolute Gasteiger partial charge is 0.371 e. The third kappa shape index (κ3) is 4.92. The summed E-state index contributed by atoms with van der Waals surface area (Å²) >= 11 is 5.24. The summed E-state index contributed by atoms with van der Waals surface area (Å²) in [5.74, 6) is 0.448. The molecule has 5 heteroatoms. The van der Waals surface area contributed by atoms with Crippen molar-refractivity contribution in [2.75, 3.05) is 23.3 Å². The number of hydrogen-bond acceptors (Lipinski definition) is 2. The van der Waals surface area contributed by atoms with Crippen LogP contribution in [0.4, 0.5) is 15.8 Å². The highest BCUT2D eigenvalue weighted by atomic mass is 32.1. The molecule has 0 aliphatic carbocycles. The van der Waals surface area contributed by atoms with Crippen molar-refractivity contribution in [3.8, 4) is 0 Å². The second-order valence-electron chi connectivity index (χ2n) is 6.65. The molecular weight excluding hydrogens is 333 g/mol. The molecule has 0 aromatic heterocycles. The molecule has 1 saturated heterocycles. The van der Waals surface area contributed by atoms with Gasteiger partial charge in [-0.2, -0.15) is 0 Å². The van der Waals surface area contributed by atoms with E-state index in [1.807, 2.05) is 0 Å². The molecule has 132 valence electrons. The van der Waals surface area contributed by atoms with Crippen molar-refractivity contribution in [2.24, 2.45) is 5.92 Å². The van der Waals surface area contributed by atoms with Gasteiger partial charge in [0.15, 0.2) is 5.11 Å². The molecule has 1 aliphatic heterocycles. The molecule has 1 fully saturated rings. The summed E-state index contributed by atoms with van der Waals surface area (Å²) in [5.41, 5.74) is 2.81. The van der Waals surface area contributed by atoms with Crippen LogP contribution in [0.5, 0.6) is 0 Å². The molecular formula is C20H24FN3S. The number of hydrogen-bond donors (Lipinski definition) is 2. The summed E-state index contributed by atoms with van der Waals surface area (Å²) in [6.45, 7) is 5.19. The molecule has 0 bridgehead atoms. The van der Waals surface area contributed by atoms with E-state index >= 15 is 0 Å². The lowest BCUT2D eigenvalue weighted by molar-refractivity contribution is 0.447. The Balaban J connectivity index is 1.51. The zero-order valence-corrected chi connectivity index (χ0v) is 15.3. The van der Waals surface area contributed by atoms with Crippen molar-refractivity contribution in [2.45, 2.75) is 26.3 Å². The first-order chi connectivity index (χ1) is 12.1. The Hall–Kier alpha value is -2.14. The first kappa shape index (κ1) is 17.7. The zero-order chi connectivity index (χ0) is 17.6. The average Bonchev–Trinajstić information content (AvgIpc) is 2.62. The maximum absolute atomic E-state index is 13.6. The summed E-state index contributed by atoms with van der Waals surface area (Å²) in [6.07, 6.45) is 2.59. The van der Waals surface area contributed by atoms with Crippen molar-refractivity contribution in [1.29, 1.82) is 0 Å². The topological polar surface area (TPSA) is 27.3 Å². The van der Waals surface area contributed by atoms with Crippen LogP contribution in [0.1, 0.15) is 25.3 Å². The maximum Gasteiger partial charge on any atom is 0.171 e. The third-order valence-corrected chi connectivity index (χ3v) is 4.78. The molecule has 25 heavy (non-hydrogen) atoms. The monoisotopic (exact) mass is 357 g/mol. The first-order valence-corrected chi connectivity index (χ1v) is 9.16. The van der Waals surface area contributed by atoms with Gasteiger partial charge in [-0.25, -0.2) is 4.39 Å². The normalized spacial score (nSPS) is 17.2. The average molecular weight is 357 g/mol. The molecule has 2 aromatic rings. The lowest BCUT2D eigenvalue weighted by Gasteiger charge is -2.32. The van der Waals surface area contributed by atoms with Crippen LogP contribution in [-0.2, 0) is 6.54 Å². The fraction of sp³-hybridized carbons (Fsp3) is 0.350. The van der Waals surface area contributed by atoms with Gasteiger partial charge in [-0.1, -0.05) is 31.2 Å². The molecule has 0 spiro atoms. The molecule has 0 saturated carbocycles. The van der Waals surface area contributed by atoms with E-state index < -0.39 is 0 Å².